The maximum atomic E-state index is 11.7. The molecule has 2 rings (SSSR count). The van der Waals surface area contributed by atoms with Gasteiger partial charge in [0.2, 0.25) is 10.0 Å². The average molecular weight is 299 g/mol. The molecule has 6 nitrogen and oxygen atoms in total. The summed E-state index contributed by atoms with van der Waals surface area (Å²) in [4.78, 5) is 0.103. The van der Waals surface area contributed by atoms with Gasteiger partial charge in [-0.25, -0.2) is 13.1 Å². The molecule has 0 aromatic heterocycles. The first-order valence-corrected chi connectivity index (χ1v) is 8.16. The van der Waals surface area contributed by atoms with Gasteiger partial charge in [0.25, 0.3) is 0 Å². The molecule has 0 aliphatic carbocycles. The van der Waals surface area contributed by atoms with Crippen LogP contribution in [0.2, 0.25) is 0 Å². The lowest BCUT2D eigenvalue weighted by molar-refractivity contribution is 0.0595. The van der Waals surface area contributed by atoms with Crippen molar-refractivity contribution in [3.63, 3.8) is 0 Å². The number of ether oxygens (including phenoxy) is 1. The molecule has 1 aromatic rings. The number of rotatable bonds is 5. The fourth-order valence-electron chi connectivity index (χ4n) is 2.24. The topological polar surface area (TPSA) is 93.5 Å². The second-order valence-corrected chi connectivity index (χ2v) is 6.78. The van der Waals surface area contributed by atoms with E-state index >= 15 is 0 Å². The van der Waals surface area contributed by atoms with Crippen LogP contribution in [0.5, 0.6) is 0 Å². The first-order valence-electron chi connectivity index (χ1n) is 6.67. The van der Waals surface area contributed by atoms with Gasteiger partial charge >= 0.3 is 0 Å². The Hall–Kier alpha value is -1.31. The third-order valence-corrected chi connectivity index (χ3v) is 4.91. The molecule has 1 aliphatic heterocycles. The van der Waals surface area contributed by atoms with Gasteiger partial charge in [-0.2, -0.15) is 0 Å². The van der Waals surface area contributed by atoms with Crippen LogP contribution in [-0.4, -0.2) is 35.2 Å². The first-order chi connectivity index (χ1) is 9.53. The fraction of sp³-hybridized carbons (Fsp3) is 0.538. The van der Waals surface area contributed by atoms with Crippen molar-refractivity contribution in [3.8, 4) is 0 Å². The minimum Gasteiger partial charge on any atom is -0.398 e. The predicted molar refractivity (Wildman–Crippen MR) is 79.1 cm³/mol. The van der Waals surface area contributed by atoms with Gasteiger partial charge in [0.1, 0.15) is 4.90 Å². The molecule has 0 spiro atoms. The van der Waals surface area contributed by atoms with Crippen molar-refractivity contribution in [2.75, 3.05) is 37.9 Å². The predicted octanol–water partition coefficient (Wildman–Crippen LogP) is 1.02. The molecule has 0 radical (unpaired) electrons. The monoisotopic (exact) mass is 299 g/mol. The summed E-state index contributed by atoms with van der Waals surface area (Å²) in [5, 5.41) is 3.28. The molecule has 1 saturated heterocycles. The Balaban J connectivity index is 2.02. The Kier molecular flexibility index (Phi) is 4.85. The zero-order chi connectivity index (χ0) is 14.6. The summed E-state index contributed by atoms with van der Waals surface area (Å²) in [5.41, 5.74) is 6.87. The van der Waals surface area contributed by atoms with Gasteiger partial charge in [-0.1, -0.05) is 0 Å². The van der Waals surface area contributed by atoms with Crippen LogP contribution in [0.4, 0.5) is 11.4 Å². The lowest BCUT2D eigenvalue weighted by Gasteiger charge is -2.22. The number of anilines is 2. The van der Waals surface area contributed by atoms with Crippen LogP contribution in [-0.2, 0) is 14.8 Å². The molecule has 0 bridgehead atoms. The average Bonchev–Trinajstić information content (AvgIpc) is 2.46. The lowest BCUT2D eigenvalue weighted by Crippen LogP contribution is -2.24. The quantitative estimate of drug-likeness (QED) is 0.706. The number of nitrogens with two attached hydrogens (primary N) is 1. The fourth-order valence-corrected chi connectivity index (χ4v) is 3.08. The number of hydrogen-bond acceptors (Lipinski definition) is 5. The smallest absolute Gasteiger partial charge is 0.242 e. The second kappa shape index (κ2) is 6.43. The van der Waals surface area contributed by atoms with Crippen LogP contribution in [0.3, 0.4) is 0 Å². The number of sulfonamides is 1. The SMILES string of the molecule is CNS(=O)(=O)c1ccc(NCC2CCCOC2)cc1N. The van der Waals surface area contributed by atoms with E-state index in [0.717, 1.165) is 38.3 Å². The number of nitrogen functional groups attached to an aromatic ring is 1. The molecular weight excluding hydrogens is 278 g/mol. The molecular formula is C13H21N3O3S. The Morgan fingerprint density at radius 3 is 2.85 bits per heavy atom. The summed E-state index contributed by atoms with van der Waals surface area (Å²) >= 11 is 0. The van der Waals surface area contributed by atoms with Crippen molar-refractivity contribution >= 4 is 21.4 Å². The third kappa shape index (κ3) is 3.62. The summed E-state index contributed by atoms with van der Waals surface area (Å²) < 4.78 is 31.1. The summed E-state index contributed by atoms with van der Waals surface area (Å²) in [6.45, 7) is 2.42. The number of nitrogens with one attached hydrogen (secondary N) is 2. The van der Waals surface area contributed by atoms with Gasteiger partial charge in [-0.15, -0.1) is 0 Å². The van der Waals surface area contributed by atoms with Crippen LogP contribution < -0.4 is 15.8 Å². The standard InChI is InChI=1S/C13H21N3O3S/c1-15-20(17,18)13-5-4-11(7-12(13)14)16-8-10-3-2-6-19-9-10/h4-5,7,10,15-16H,2-3,6,8-9,14H2,1H3. The highest BCUT2D eigenvalue weighted by Gasteiger charge is 2.16. The van der Waals surface area contributed by atoms with Crippen molar-refractivity contribution in [3.05, 3.63) is 18.2 Å². The number of benzene rings is 1. The van der Waals surface area contributed by atoms with Gasteiger partial charge in [0, 0.05) is 18.8 Å². The molecule has 1 aliphatic rings. The maximum Gasteiger partial charge on any atom is 0.242 e. The largest absolute Gasteiger partial charge is 0.398 e. The molecule has 0 saturated carbocycles. The Bertz CT molecular complexity index is 554. The minimum atomic E-state index is -3.50. The summed E-state index contributed by atoms with van der Waals surface area (Å²) in [6.07, 6.45) is 2.24. The van der Waals surface area contributed by atoms with E-state index in [0.29, 0.717) is 5.92 Å². The molecule has 1 aromatic carbocycles. The lowest BCUT2D eigenvalue weighted by atomic mass is 10.0. The first kappa shape index (κ1) is 15.1. The molecule has 0 amide bonds. The zero-order valence-corrected chi connectivity index (χ0v) is 12.4. The molecule has 112 valence electrons. The summed E-state index contributed by atoms with van der Waals surface area (Å²) in [6, 6.07) is 4.89. The minimum absolute atomic E-state index is 0.103. The van der Waals surface area contributed by atoms with Crippen molar-refractivity contribution in [1.82, 2.24) is 4.72 Å². The van der Waals surface area contributed by atoms with Crippen LogP contribution >= 0.6 is 0 Å². The van der Waals surface area contributed by atoms with Crippen molar-refractivity contribution in [2.45, 2.75) is 17.7 Å². The van der Waals surface area contributed by atoms with Gasteiger partial charge in [-0.05, 0) is 44.0 Å². The Morgan fingerprint density at radius 2 is 2.25 bits per heavy atom. The van der Waals surface area contributed by atoms with E-state index in [1.54, 1.807) is 12.1 Å². The van der Waals surface area contributed by atoms with Crippen molar-refractivity contribution < 1.29 is 13.2 Å². The van der Waals surface area contributed by atoms with E-state index in [-0.39, 0.29) is 10.6 Å². The summed E-state index contributed by atoms with van der Waals surface area (Å²) in [7, 11) is -2.14. The molecule has 1 atom stereocenters. The van der Waals surface area contributed by atoms with E-state index in [2.05, 4.69) is 10.0 Å². The molecule has 1 heterocycles. The maximum absolute atomic E-state index is 11.7. The molecule has 1 fully saturated rings. The van der Waals surface area contributed by atoms with Crippen LogP contribution in [0, 0.1) is 5.92 Å². The van der Waals surface area contributed by atoms with E-state index < -0.39 is 10.0 Å². The van der Waals surface area contributed by atoms with Crippen LogP contribution in [0.1, 0.15) is 12.8 Å². The van der Waals surface area contributed by atoms with Gasteiger partial charge < -0.3 is 15.8 Å². The highest BCUT2D eigenvalue weighted by molar-refractivity contribution is 7.89. The Labute approximate surface area is 119 Å². The van der Waals surface area contributed by atoms with E-state index in [9.17, 15) is 8.42 Å². The van der Waals surface area contributed by atoms with Crippen molar-refractivity contribution in [1.29, 1.82) is 0 Å². The third-order valence-electron chi connectivity index (χ3n) is 3.42. The van der Waals surface area contributed by atoms with Gasteiger partial charge in [0.05, 0.1) is 12.3 Å². The normalized spacial score (nSPS) is 19.8. The molecule has 20 heavy (non-hydrogen) atoms. The highest BCUT2D eigenvalue weighted by atomic mass is 32.2. The molecule has 1 unspecified atom stereocenters. The highest BCUT2D eigenvalue weighted by Crippen LogP contribution is 2.23. The van der Waals surface area contributed by atoms with E-state index in [4.69, 9.17) is 10.5 Å². The molecule has 7 heteroatoms. The Morgan fingerprint density at radius 1 is 1.45 bits per heavy atom. The second-order valence-electron chi connectivity index (χ2n) is 4.92. The van der Waals surface area contributed by atoms with E-state index in [1.807, 2.05) is 0 Å². The van der Waals surface area contributed by atoms with Crippen LogP contribution in [0.25, 0.3) is 0 Å². The van der Waals surface area contributed by atoms with E-state index in [1.165, 1.54) is 13.1 Å². The molecule has 4 N–H and O–H groups in total. The zero-order valence-electron chi connectivity index (χ0n) is 11.6. The van der Waals surface area contributed by atoms with Crippen LogP contribution in [0.15, 0.2) is 23.1 Å². The number of hydrogen-bond donors (Lipinski definition) is 3. The summed E-state index contributed by atoms with van der Waals surface area (Å²) in [5.74, 6) is 0.491. The van der Waals surface area contributed by atoms with Gasteiger partial charge in [0.15, 0.2) is 0 Å². The van der Waals surface area contributed by atoms with Crippen molar-refractivity contribution in [2.24, 2.45) is 5.92 Å². The van der Waals surface area contributed by atoms with Gasteiger partial charge in [-0.3, -0.25) is 0 Å².